The number of aromatic nitrogens is 2. The number of hydrogen-bond acceptors (Lipinski definition) is 5. The summed E-state index contributed by atoms with van der Waals surface area (Å²) in [6.45, 7) is 5.57. The number of thioether (sulfide) groups is 1. The van der Waals surface area contributed by atoms with E-state index in [4.69, 9.17) is 0 Å². The fraction of sp³-hybridized carbons (Fsp3) is 0.400. The van der Waals surface area contributed by atoms with Gasteiger partial charge in [0.2, 0.25) is 0 Å². The van der Waals surface area contributed by atoms with E-state index in [-0.39, 0.29) is 6.04 Å². The third-order valence-electron chi connectivity index (χ3n) is 3.08. The molecule has 6 heteroatoms. The molecule has 0 radical (unpaired) electrons. The predicted octanol–water partition coefficient (Wildman–Crippen LogP) is 2.56. The summed E-state index contributed by atoms with van der Waals surface area (Å²) >= 11 is 1.43. The van der Waals surface area contributed by atoms with Crippen molar-refractivity contribution in [2.24, 2.45) is 0 Å². The Morgan fingerprint density at radius 3 is 2.76 bits per heavy atom. The van der Waals surface area contributed by atoms with Gasteiger partial charge in [-0.25, -0.2) is 9.97 Å². The van der Waals surface area contributed by atoms with Crippen LogP contribution in [-0.4, -0.2) is 38.4 Å². The molecule has 0 saturated carbocycles. The summed E-state index contributed by atoms with van der Waals surface area (Å²) in [4.78, 5) is 20.0. The second-order valence-corrected chi connectivity index (χ2v) is 6.38. The highest BCUT2D eigenvalue weighted by molar-refractivity contribution is 7.99. The van der Waals surface area contributed by atoms with Crippen LogP contribution in [-0.2, 0) is 4.79 Å². The molecule has 0 aliphatic heterocycles. The van der Waals surface area contributed by atoms with E-state index < -0.39 is 11.5 Å². The minimum Gasteiger partial charge on any atom is -0.480 e. The first-order valence-electron chi connectivity index (χ1n) is 6.76. The Kier molecular flexibility index (Phi) is 4.80. The summed E-state index contributed by atoms with van der Waals surface area (Å²) in [6.07, 6.45) is 1.51. The monoisotopic (exact) mass is 305 g/mol. The molecule has 1 aromatic carbocycles. The van der Waals surface area contributed by atoms with Crippen LogP contribution in [0.4, 0.5) is 0 Å². The molecule has 0 bridgehead atoms. The number of carbonyl (C=O) groups is 1. The predicted molar refractivity (Wildman–Crippen MR) is 84.6 cm³/mol. The lowest BCUT2D eigenvalue weighted by Crippen LogP contribution is -2.54. The number of para-hydroxylation sites is 1. The maximum Gasteiger partial charge on any atom is 0.324 e. The minimum atomic E-state index is -0.995. The Balaban J connectivity index is 2.22. The molecular weight excluding hydrogens is 286 g/mol. The van der Waals surface area contributed by atoms with Crippen molar-refractivity contribution in [2.75, 3.05) is 5.75 Å². The van der Waals surface area contributed by atoms with Crippen molar-refractivity contribution in [3.8, 4) is 0 Å². The lowest BCUT2D eigenvalue weighted by atomic mass is 10.1. The normalized spacial score (nSPS) is 14.3. The number of rotatable bonds is 6. The van der Waals surface area contributed by atoms with Crippen LogP contribution in [0.25, 0.3) is 10.9 Å². The molecule has 1 atom stereocenters. The van der Waals surface area contributed by atoms with Gasteiger partial charge in [0.15, 0.2) is 0 Å². The molecule has 112 valence electrons. The van der Waals surface area contributed by atoms with Crippen LogP contribution in [0.2, 0.25) is 0 Å². The third-order valence-corrected chi connectivity index (χ3v) is 4.40. The Hall–Kier alpha value is -1.66. The molecule has 5 nitrogen and oxygen atoms in total. The second kappa shape index (κ2) is 6.41. The van der Waals surface area contributed by atoms with Crippen molar-refractivity contribution in [1.29, 1.82) is 0 Å². The van der Waals surface area contributed by atoms with Crippen molar-refractivity contribution in [3.05, 3.63) is 30.6 Å². The summed E-state index contributed by atoms with van der Waals surface area (Å²) in [5.74, 6) is -0.469. The molecule has 2 aromatic rings. The van der Waals surface area contributed by atoms with Gasteiger partial charge in [0.25, 0.3) is 0 Å². The fourth-order valence-corrected chi connectivity index (χ4v) is 3.19. The van der Waals surface area contributed by atoms with Gasteiger partial charge in [-0.2, -0.15) is 0 Å². The molecule has 0 saturated heterocycles. The lowest BCUT2D eigenvalue weighted by Gasteiger charge is -2.28. The molecule has 0 aliphatic carbocycles. The highest BCUT2D eigenvalue weighted by Crippen LogP contribution is 2.27. The number of nitrogens with one attached hydrogen (secondary N) is 1. The molecule has 1 aromatic heterocycles. The van der Waals surface area contributed by atoms with Gasteiger partial charge in [-0.05, 0) is 26.8 Å². The van der Waals surface area contributed by atoms with Crippen molar-refractivity contribution in [2.45, 2.75) is 37.4 Å². The van der Waals surface area contributed by atoms with Crippen molar-refractivity contribution >= 4 is 28.6 Å². The van der Waals surface area contributed by atoms with Crippen LogP contribution in [0.1, 0.15) is 20.8 Å². The summed E-state index contributed by atoms with van der Waals surface area (Å²) < 4.78 is 0. The number of aliphatic carboxylic acids is 1. The number of hydrogen-bond donors (Lipinski definition) is 2. The largest absolute Gasteiger partial charge is 0.480 e. The lowest BCUT2D eigenvalue weighted by molar-refractivity contribution is -0.143. The summed E-state index contributed by atoms with van der Waals surface area (Å²) in [5, 5.41) is 14.3. The van der Waals surface area contributed by atoms with Crippen molar-refractivity contribution < 1.29 is 9.90 Å². The van der Waals surface area contributed by atoms with Gasteiger partial charge < -0.3 is 5.11 Å². The van der Waals surface area contributed by atoms with E-state index in [1.165, 1.54) is 18.1 Å². The van der Waals surface area contributed by atoms with E-state index >= 15 is 0 Å². The maximum atomic E-state index is 11.5. The van der Waals surface area contributed by atoms with Gasteiger partial charge in [0.1, 0.15) is 16.9 Å². The first-order valence-corrected chi connectivity index (χ1v) is 7.74. The third kappa shape index (κ3) is 3.71. The molecule has 1 unspecified atom stereocenters. The quantitative estimate of drug-likeness (QED) is 0.631. The number of fused-ring (bicyclic) bond motifs is 1. The van der Waals surface area contributed by atoms with Gasteiger partial charge in [-0.15, -0.1) is 11.8 Å². The van der Waals surface area contributed by atoms with E-state index in [0.717, 1.165) is 15.9 Å². The van der Waals surface area contributed by atoms with Crippen LogP contribution in [0, 0.1) is 0 Å². The molecular formula is C15H19N3O2S. The molecule has 0 amide bonds. The Morgan fingerprint density at radius 2 is 2.10 bits per heavy atom. The van der Waals surface area contributed by atoms with Crippen LogP contribution < -0.4 is 5.32 Å². The van der Waals surface area contributed by atoms with E-state index in [2.05, 4.69) is 15.3 Å². The first kappa shape index (κ1) is 15.7. The topological polar surface area (TPSA) is 75.1 Å². The van der Waals surface area contributed by atoms with Gasteiger partial charge in [-0.1, -0.05) is 18.2 Å². The Morgan fingerprint density at radius 1 is 1.38 bits per heavy atom. The number of carboxylic acid groups (broad SMARTS) is 1. The maximum absolute atomic E-state index is 11.5. The Bertz CT molecular complexity index is 642. The zero-order chi connectivity index (χ0) is 15.5. The summed E-state index contributed by atoms with van der Waals surface area (Å²) in [6, 6.07) is 7.81. The van der Waals surface area contributed by atoms with E-state index in [9.17, 15) is 9.90 Å². The standard InChI is InChI=1S/C15H19N3O2S/c1-10(2)18-15(3,14(19)20)8-21-13-11-6-4-5-7-12(11)16-9-17-13/h4-7,9-10,18H,8H2,1-3H3,(H,19,20). The average Bonchev–Trinajstić information content (AvgIpc) is 2.44. The van der Waals surface area contributed by atoms with Gasteiger partial charge >= 0.3 is 5.97 Å². The Labute approximate surface area is 128 Å². The number of benzene rings is 1. The van der Waals surface area contributed by atoms with Gasteiger partial charge in [0.05, 0.1) is 5.52 Å². The zero-order valence-corrected chi connectivity index (χ0v) is 13.1. The molecule has 21 heavy (non-hydrogen) atoms. The smallest absolute Gasteiger partial charge is 0.324 e. The molecule has 2 rings (SSSR count). The highest BCUT2D eigenvalue weighted by atomic mass is 32.2. The SMILES string of the molecule is CC(C)NC(C)(CSc1ncnc2ccccc12)C(=O)O. The van der Waals surface area contributed by atoms with E-state index in [1.807, 2.05) is 38.1 Å². The average molecular weight is 305 g/mol. The van der Waals surface area contributed by atoms with Crippen LogP contribution in [0.3, 0.4) is 0 Å². The summed E-state index contributed by atoms with van der Waals surface area (Å²) in [5.41, 5.74) is -0.130. The van der Waals surface area contributed by atoms with Crippen LogP contribution in [0.15, 0.2) is 35.6 Å². The first-order chi connectivity index (χ1) is 9.92. The van der Waals surface area contributed by atoms with Gasteiger partial charge in [0, 0.05) is 17.2 Å². The van der Waals surface area contributed by atoms with Gasteiger partial charge in [-0.3, -0.25) is 10.1 Å². The van der Waals surface area contributed by atoms with Crippen molar-refractivity contribution in [3.63, 3.8) is 0 Å². The molecule has 1 heterocycles. The highest BCUT2D eigenvalue weighted by Gasteiger charge is 2.33. The minimum absolute atomic E-state index is 0.0915. The second-order valence-electron chi connectivity index (χ2n) is 5.42. The zero-order valence-electron chi connectivity index (χ0n) is 12.3. The fourth-order valence-electron chi connectivity index (χ4n) is 2.11. The summed E-state index contributed by atoms with van der Waals surface area (Å²) in [7, 11) is 0. The van der Waals surface area contributed by atoms with Crippen molar-refractivity contribution in [1.82, 2.24) is 15.3 Å². The number of nitrogens with zero attached hydrogens (tertiary/aromatic N) is 2. The molecule has 0 fully saturated rings. The van der Waals surface area contributed by atoms with Crippen LogP contribution >= 0.6 is 11.8 Å². The van der Waals surface area contributed by atoms with Crippen LogP contribution in [0.5, 0.6) is 0 Å². The molecule has 0 spiro atoms. The molecule has 2 N–H and O–H groups in total. The number of carboxylic acids is 1. The van der Waals surface area contributed by atoms with E-state index in [1.54, 1.807) is 6.92 Å². The van der Waals surface area contributed by atoms with E-state index in [0.29, 0.717) is 5.75 Å². The molecule has 0 aliphatic rings.